The number of anilines is 1. The number of hydrogen-bond donors (Lipinski definition) is 2. The molecule has 1 aliphatic rings. The number of amides is 1. The van der Waals surface area contributed by atoms with E-state index in [9.17, 15) is 23.2 Å². The molecule has 1 atom stereocenters. The summed E-state index contributed by atoms with van der Waals surface area (Å²) in [5.41, 5.74) is 6.02. The summed E-state index contributed by atoms with van der Waals surface area (Å²) in [5, 5.41) is 13.4. The van der Waals surface area contributed by atoms with Crippen molar-refractivity contribution in [2.45, 2.75) is 63.9 Å². The first-order valence-electron chi connectivity index (χ1n) is 14.5. The van der Waals surface area contributed by atoms with Crippen LogP contribution < -0.4 is 11.1 Å². The number of aromatic nitrogens is 6. The molecular formula is C29H32F2N8O6S. The number of pyridine rings is 1. The Morgan fingerprint density at radius 1 is 1.13 bits per heavy atom. The topological polar surface area (TPSA) is 178 Å². The summed E-state index contributed by atoms with van der Waals surface area (Å²) in [6, 6.07) is 0.706. The Labute approximate surface area is 265 Å². The normalized spacial score (nSPS) is 17.0. The molecule has 4 aromatic rings. The molecule has 17 heteroatoms. The average molecular weight is 659 g/mol. The van der Waals surface area contributed by atoms with Crippen LogP contribution in [0.4, 0.5) is 14.5 Å². The van der Waals surface area contributed by atoms with Gasteiger partial charge in [-0.25, -0.2) is 19.0 Å². The molecule has 0 aromatic carbocycles. The number of rotatable bonds is 12. The highest BCUT2D eigenvalue weighted by Crippen LogP contribution is 2.34. The lowest BCUT2D eigenvalue weighted by atomic mass is 9.93. The minimum absolute atomic E-state index is 0.00361. The van der Waals surface area contributed by atoms with Crippen LogP contribution in [0.3, 0.4) is 0 Å². The molecule has 5 rings (SSSR count). The molecule has 244 valence electrons. The fourth-order valence-corrected chi connectivity index (χ4v) is 5.77. The van der Waals surface area contributed by atoms with Gasteiger partial charge in [0.25, 0.3) is 5.91 Å². The molecule has 0 spiro atoms. The third-order valence-electron chi connectivity index (χ3n) is 7.30. The van der Waals surface area contributed by atoms with E-state index in [-0.39, 0.29) is 48.1 Å². The lowest BCUT2D eigenvalue weighted by molar-refractivity contribution is -0.153. The van der Waals surface area contributed by atoms with Gasteiger partial charge in [-0.3, -0.25) is 19.1 Å². The van der Waals surface area contributed by atoms with Crippen LogP contribution in [-0.2, 0) is 30.5 Å². The molecule has 0 aliphatic heterocycles. The molecule has 3 N–H and O–H groups in total. The fourth-order valence-electron chi connectivity index (χ4n) is 4.99. The highest BCUT2D eigenvalue weighted by Gasteiger charge is 2.27. The first-order valence-corrected chi connectivity index (χ1v) is 15.3. The predicted molar refractivity (Wildman–Crippen MR) is 160 cm³/mol. The van der Waals surface area contributed by atoms with Crippen molar-refractivity contribution in [3.8, 4) is 22.0 Å². The summed E-state index contributed by atoms with van der Waals surface area (Å²) in [7, 11) is 1.17. The number of ether oxygens (including phenoxy) is 3. The first kappa shape index (κ1) is 32.8. The number of carbonyl (C=O) groups is 3. The van der Waals surface area contributed by atoms with Crippen molar-refractivity contribution in [3.63, 3.8) is 0 Å². The minimum atomic E-state index is -1.14. The van der Waals surface area contributed by atoms with Crippen molar-refractivity contribution in [3.05, 3.63) is 53.6 Å². The molecule has 0 unspecified atom stereocenters. The second kappa shape index (κ2) is 14.7. The molecule has 14 nitrogen and oxygen atoms in total. The van der Waals surface area contributed by atoms with E-state index >= 15 is 0 Å². The maximum atomic E-state index is 14.8. The van der Waals surface area contributed by atoms with Gasteiger partial charge in [0.1, 0.15) is 28.1 Å². The van der Waals surface area contributed by atoms with E-state index in [1.807, 2.05) is 6.92 Å². The van der Waals surface area contributed by atoms with E-state index in [0.29, 0.717) is 17.2 Å². The Morgan fingerprint density at radius 3 is 2.65 bits per heavy atom. The smallest absolute Gasteiger partial charge is 0.323 e. The van der Waals surface area contributed by atoms with Crippen molar-refractivity contribution in [1.29, 1.82) is 0 Å². The number of nitrogens with zero attached hydrogens (tertiary/aromatic N) is 6. The maximum Gasteiger partial charge on any atom is 0.323 e. The van der Waals surface area contributed by atoms with Gasteiger partial charge in [-0.2, -0.15) is 14.6 Å². The Bertz CT molecular complexity index is 1700. The second-order valence-corrected chi connectivity index (χ2v) is 11.3. The number of halogens is 2. The lowest BCUT2D eigenvalue weighted by Crippen LogP contribution is -2.34. The zero-order chi connectivity index (χ0) is 32.8. The molecule has 4 aromatic heterocycles. The first-order chi connectivity index (χ1) is 22.1. The van der Waals surface area contributed by atoms with Crippen molar-refractivity contribution >= 4 is 34.9 Å². The zero-order valence-electron chi connectivity index (χ0n) is 25.0. The molecule has 1 saturated carbocycles. The molecule has 4 heterocycles. The van der Waals surface area contributed by atoms with Crippen molar-refractivity contribution in [1.82, 2.24) is 29.5 Å². The van der Waals surface area contributed by atoms with Crippen LogP contribution in [0.5, 0.6) is 0 Å². The predicted octanol–water partition coefficient (Wildman–Crippen LogP) is 3.71. The number of hydrogen-bond acceptors (Lipinski definition) is 12. The Morgan fingerprint density at radius 2 is 1.91 bits per heavy atom. The van der Waals surface area contributed by atoms with Crippen molar-refractivity contribution in [2.24, 2.45) is 5.73 Å². The summed E-state index contributed by atoms with van der Waals surface area (Å²) in [5.74, 6) is -3.71. The molecule has 0 bridgehead atoms. The molecule has 46 heavy (non-hydrogen) atoms. The summed E-state index contributed by atoms with van der Waals surface area (Å²) in [6.45, 7) is 2.35. The van der Waals surface area contributed by atoms with Crippen LogP contribution >= 0.6 is 11.3 Å². The summed E-state index contributed by atoms with van der Waals surface area (Å²) < 4.78 is 47.2. The van der Waals surface area contributed by atoms with Crippen molar-refractivity contribution in [2.75, 3.05) is 19.0 Å². The average Bonchev–Trinajstić information content (AvgIpc) is 3.82. The van der Waals surface area contributed by atoms with Gasteiger partial charge in [0.2, 0.25) is 5.95 Å². The van der Waals surface area contributed by atoms with E-state index < -0.39 is 35.7 Å². The van der Waals surface area contributed by atoms with Crippen molar-refractivity contribution < 1.29 is 37.4 Å². The quantitative estimate of drug-likeness (QED) is 0.167. The molecule has 1 amide bonds. The third kappa shape index (κ3) is 7.78. The summed E-state index contributed by atoms with van der Waals surface area (Å²) in [4.78, 5) is 44.8. The summed E-state index contributed by atoms with van der Waals surface area (Å²) >= 11 is 1.17. The van der Waals surface area contributed by atoms with Crippen LogP contribution in [0, 0.1) is 11.8 Å². The largest absolute Gasteiger partial charge is 0.468 e. The number of thiazole rings is 1. The molecule has 0 saturated heterocycles. The van der Waals surface area contributed by atoms with Gasteiger partial charge >= 0.3 is 11.9 Å². The monoisotopic (exact) mass is 658 g/mol. The molecule has 0 radical (unpaired) electrons. The molecule has 1 aliphatic carbocycles. The van der Waals surface area contributed by atoms with E-state index in [1.165, 1.54) is 34.7 Å². The van der Waals surface area contributed by atoms with Crippen LogP contribution in [0.15, 0.2) is 36.1 Å². The molecular weight excluding hydrogens is 626 g/mol. The van der Waals surface area contributed by atoms with E-state index in [0.717, 1.165) is 37.8 Å². The van der Waals surface area contributed by atoms with E-state index in [1.54, 1.807) is 17.1 Å². The zero-order valence-corrected chi connectivity index (χ0v) is 25.8. The number of nitrogens with one attached hydrogen (secondary N) is 1. The van der Waals surface area contributed by atoms with Crippen LogP contribution in [0.2, 0.25) is 0 Å². The van der Waals surface area contributed by atoms with Gasteiger partial charge < -0.3 is 25.3 Å². The Hall–Kier alpha value is -4.61. The highest BCUT2D eigenvalue weighted by atomic mass is 32.1. The van der Waals surface area contributed by atoms with Crippen LogP contribution in [0.25, 0.3) is 22.0 Å². The van der Waals surface area contributed by atoms with Gasteiger partial charge in [-0.15, -0.1) is 11.3 Å². The van der Waals surface area contributed by atoms with Gasteiger partial charge in [0, 0.05) is 29.9 Å². The standard InChI is InChI=1S/C29H32F2N8O6S/c1-3-44-18-6-4-17(5-7-18)39-13-21(26(37-39)25-19(30)8-9-23(31)36-25)34-27(41)22-14-46-28(35-22)16-11-33-38(12-16)15-45-24(40)10-20(32)29(42)43-2/h8-9,11-14,17-18,20H,3-7,10,15,32H2,1-2H3,(H,34,41)/t17?,18?,20-/m1/s1. The number of carbonyl (C=O) groups excluding carboxylic acids is 3. The van der Waals surface area contributed by atoms with Gasteiger partial charge in [-0.05, 0) is 44.7 Å². The maximum absolute atomic E-state index is 14.8. The SMILES string of the molecule is CCOC1CCC(n2cc(NC(=O)c3csc(-c4cnn(COC(=O)C[C@@H](N)C(=O)OC)c4)n3)c(-c3nc(F)ccc3F)n2)CC1. The summed E-state index contributed by atoms with van der Waals surface area (Å²) in [6.07, 6.45) is 7.63. The fraction of sp³-hybridized carbons (Fsp3) is 0.414. The third-order valence-corrected chi connectivity index (χ3v) is 8.19. The number of nitrogens with two attached hydrogens (primary N) is 1. The number of methoxy groups -OCH3 is 1. The number of esters is 2. The van der Waals surface area contributed by atoms with Crippen LogP contribution in [0.1, 0.15) is 55.6 Å². The minimum Gasteiger partial charge on any atom is -0.468 e. The Kier molecular flexibility index (Phi) is 10.4. The van der Waals surface area contributed by atoms with Crippen LogP contribution in [-0.4, -0.2) is 73.2 Å². The van der Waals surface area contributed by atoms with E-state index in [4.69, 9.17) is 15.2 Å². The van der Waals surface area contributed by atoms with Gasteiger partial charge in [-0.1, -0.05) is 0 Å². The van der Waals surface area contributed by atoms with E-state index in [2.05, 4.69) is 30.2 Å². The van der Waals surface area contributed by atoms with Gasteiger partial charge in [0.05, 0.1) is 37.6 Å². The highest BCUT2D eigenvalue weighted by molar-refractivity contribution is 7.13. The molecule has 1 fully saturated rings. The second-order valence-electron chi connectivity index (χ2n) is 10.5. The lowest BCUT2D eigenvalue weighted by Gasteiger charge is -2.28. The Balaban J connectivity index is 1.28. The van der Waals surface area contributed by atoms with Gasteiger partial charge in [0.15, 0.2) is 12.5 Å².